The molecule has 2 heterocycles. The molecule has 1 aromatic carbocycles. The molecule has 0 bridgehead atoms. The van der Waals surface area contributed by atoms with Crippen LogP contribution in [0.25, 0.3) is 10.7 Å². The Kier molecular flexibility index (Phi) is 6.54. The number of rotatable bonds is 8. The standard InChI is InChI=1S/C20H22N4O3S/c1-13(2)12-21-20(26)14-6-3-4-7-15(14)22-17(25)9-10-18-23-19(24-27-18)16-8-5-11-28-16/h3-8,11,13H,9-10,12H2,1-2H3,(H,21,26)(H,22,25). The number of anilines is 1. The molecule has 0 spiro atoms. The van der Waals surface area contributed by atoms with E-state index in [2.05, 4.69) is 20.8 Å². The molecule has 0 atom stereocenters. The Morgan fingerprint density at radius 3 is 2.75 bits per heavy atom. The summed E-state index contributed by atoms with van der Waals surface area (Å²) >= 11 is 1.52. The largest absolute Gasteiger partial charge is 0.352 e. The van der Waals surface area contributed by atoms with Gasteiger partial charge < -0.3 is 15.2 Å². The van der Waals surface area contributed by atoms with Crippen LogP contribution in [0.15, 0.2) is 46.3 Å². The second kappa shape index (κ2) is 9.27. The number of aromatic nitrogens is 2. The molecule has 0 aliphatic heterocycles. The van der Waals surface area contributed by atoms with E-state index in [4.69, 9.17) is 4.52 Å². The lowest BCUT2D eigenvalue weighted by Crippen LogP contribution is -2.28. The van der Waals surface area contributed by atoms with Crippen molar-refractivity contribution in [3.63, 3.8) is 0 Å². The van der Waals surface area contributed by atoms with Gasteiger partial charge in [0.1, 0.15) is 0 Å². The highest BCUT2D eigenvalue weighted by molar-refractivity contribution is 7.13. The normalized spacial score (nSPS) is 10.8. The lowest BCUT2D eigenvalue weighted by molar-refractivity contribution is -0.116. The Labute approximate surface area is 167 Å². The third-order valence-corrected chi connectivity index (χ3v) is 4.76. The lowest BCUT2D eigenvalue weighted by atomic mass is 10.1. The van der Waals surface area contributed by atoms with Gasteiger partial charge in [0.2, 0.25) is 17.6 Å². The average Bonchev–Trinajstić information content (AvgIpc) is 3.36. The van der Waals surface area contributed by atoms with Crippen molar-refractivity contribution in [2.45, 2.75) is 26.7 Å². The quantitative estimate of drug-likeness (QED) is 0.602. The number of thiophene rings is 1. The maximum atomic E-state index is 12.4. The van der Waals surface area contributed by atoms with Crippen LogP contribution in [0.3, 0.4) is 0 Å². The molecule has 3 rings (SSSR count). The number of carbonyl (C=O) groups is 2. The molecule has 2 aromatic heterocycles. The number of hydrogen-bond donors (Lipinski definition) is 2. The van der Waals surface area contributed by atoms with Gasteiger partial charge in [-0.2, -0.15) is 4.98 Å². The zero-order valence-corrected chi connectivity index (χ0v) is 16.6. The molecule has 0 aliphatic rings. The molecule has 3 aromatic rings. The van der Waals surface area contributed by atoms with Crippen molar-refractivity contribution in [1.82, 2.24) is 15.5 Å². The number of nitrogens with zero attached hydrogens (tertiary/aromatic N) is 2. The van der Waals surface area contributed by atoms with Gasteiger partial charge in [0.15, 0.2) is 0 Å². The number of aryl methyl sites for hydroxylation is 1. The molecule has 8 heteroatoms. The minimum absolute atomic E-state index is 0.175. The molecule has 0 unspecified atom stereocenters. The third-order valence-electron chi connectivity index (χ3n) is 3.89. The van der Waals surface area contributed by atoms with Gasteiger partial charge in [-0.15, -0.1) is 11.3 Å². The average molecular weight is 398 g/mol. The number of benzene rings is 1. The van der Waals surface area contributed by atoms with Crippen LogP contribution >= 0.6 is 11.3 Å². The van der Waals surface area contributed by atoms with Crippen molar-refractivity contribution < 1.29 is 14.1 Å². The molecule has 0 saturated carbocycles. The summed E-state index contributed by atoms with van der Waals surface area (Å²) in [6.45, 7) is 4.62. The summed E-state index contributed by atoms with van der Waals surface area (Å²) in [5.74, 6) is 0.848. The summed E-state index contributed by atoms with van der Waals surface area (Å²) in [6, 6.07) is 10.8. The molecule has 0 saturated heterocycles. The van der Waals surface area contributed by atoms with E-state index < -0.39 is 0 Å². The Balaban J connectivity index is 1.57. The van der Waals surface area contributed by atoms with E-state index in [0.29, 0.717) is 41.8 Å². The molecule has 7 nitrogen and oxygen atoms in total. The highest BCUT2D eigenvalue weighted by atomic mass is 32.1. The minimum Gasteiger partial charge on any atom is -0.352 e. The molecule has 2 N–H and O–H groups in total. The van der Waals surface area contributed by atoms with Crippen molar-refractivity contribution >= 4 is 28.8 Å². The first kappa shape index (κ1) is 19.8. The lowest BCUT2D eigenvalue weighted by Gasteiger charge is -2.12. The number of nitrogens with one attached hydrogen (secondary N) is 2. The first-order valence-corrected chi connectivity index (χ1v) is 9.94. The predicted octanol–water partition coefficient (Wildman–Crippen LogP) is 3.76. The van der Waals surface area contributed by atoms with Gasteiger partial charge in [0.05, 0.1) is 16.1 Å². The van der Waals surface area contributed by atoms with Gasteiger partial charge in [-0.05, 0) is 29.5 Å². The molecule has 0 radical (unpaired) electrons. The van der Waals surface area contributed by atoms with E-state index in [1.54, 1.807) is 24.3 Å². The zero-order valence-electron chi connectivity index (χ0n) is 15.8. The second-order valence-electron chi connectivity index (χ2n) is 6.69. The number of hydrogen-bond acceptors (Lipinski definition) is 6. The van der Waals surface area contributed by atoms with Crippen LogP contribution in [0.1, 0.15) is 36.5 Å². The fourth-order valence-corrected chi connectivity index (χ4v) is 3.13. The van der Waals surface area contributed by atoms with Gasteiger partial charge in [-0.1, -0.05) is 37.2 Å². The minimum atomic E-state index is -0.222. The van der Waals surface area contributed by atoms with Crippen LogP contribution in [0.4, 0.5) is 5.69 Å². The fraction of sp³-hybridized carbons (Fsp3) is 0.300. The fourth-order valence-electron chi connectivity index (χ4n) is 2.48. The summed E-state index contributed by atoms with van der Waals surface area (Å²) in [6.07, 6.45) is 0.500. The number of carbonyl (C=O) groups excluding carboxylic acids is 2. The molecular formula is C20H22N4O3S. The predicted molar refractivity (Wildman–Crippen MR) is 108 cm³/mol. The summed E-state index contributed by atoms with van der Waals surface area (Å²) in [7, 11) is 0. The molecule has 0 fully saturated rings. The Hall–Kier alpha value is -3.00. The van der Waals surface area contributed by atoms with E-state index in [1.165, 1.54) is 11.3 Å². The summed E-state index contributed by atoms with van der Waals surface area (Å²) in [5, 5.41) is 11.5. The Morgan fingerprint density at radius 2 is 2.00 bits per heavy atom. The summed E-state index contributed by atoms with van der Waals surface area (Å²) in [5.41, 5.74) is 0.924. The van der Waals surface area contributed by atoms with Crippen LogP contribution in [0.2, 0.25) is 0 Å². The highest BCUT2D eigenvalue weighted by Gasteiger charge is 2.15. The first-order chi connectivity index (χ1) is 13.5. The van der Waals surface area contributed by atoms with Crippen molar-refractivity contribution in [3.05, 3.63) is 53.2 Å². The van der Waals surface area contributed by atoms with Gasteiger partial charge in [0, 0.05) is 19.4 Å². The van der Waals surface area contributed by atoms with E-state index >= 15 is 0 Å². The Morgan fingerprint density at radius 1 is 1.18 bits per heavy atom. The zero-order chi connectivity index (χ0) is 19.9. The summed E-state index contributed by atoms with van der Waals surface area (Å²) in [4.78, 5) is 29.9. The smallest absolute Gasteiger partial charge is 0.253 e. The molecule has 2 amide bonds. The summed E-state index contributed by atoms with van der Waals surface area (Å²) < 4.78 is 5.21. The van der Waals surface area contributed by atoms with Crippen molar-refractivity contribution in [1.29, 1.82) is 0 Å². The Bertz CT molecular complexity index is 935. The van der Waals surface area contributed by atoms with Crippen LogP contribution in [0, 0.1) is 5.92 Å². The van der Waals surface area contributed by atoms with Crippen molar-refractivity contribution in [3.8, 4) is 10.7 Å². The molecular weight excluding hydrogens is 376 g/mol. The second-order valence-corrected chi connectivity index (χ2v) is 7.63. The molecule has 28 heavy (non-hydrogen) atoms. The molecule has 146 valence electrons. The third kappa shape index (κ3) is 5.26. The molecule has 0 aliphatic carbocycles. The van der Waals surface area contributed by atoms with Gasteiger partial charge in [0.25, 0.3) is 5.91 Å². The van der Waals surface area contributed by atoms with Gasteiger partial charge in [-0.25, -0.2) is 0 Å². The van der Waals surface area contributed by atoms with E-state index in [0.717, 1.165) is 4.88 Å². The first-order valence-electron chi connectivity index (χ1n) is 9.06. The topological polar surface area (TPSA) is 97.1 Å². The van der Waals surface area contributed by atoms with Crippen LogP contribution in [0.5, 0.6) is 0 Å². The van der Waals surface area contributed by atoms with Gasteiger partial charge >= 0.3 is 0 Å². The maximum absolute atomic E-state index is 12.4. The number of para-hydroxylation sites is 1. The number of amides is 2. The van der Waals surface area contributed by atoms with Gasteiger partial charge in [-0.3, -0.25) is 9.59 Å². The SMILES string of the molecule is CC(C)CNC(=O)c1ccccc1NC(=O)CCc1nc(-c2cccs2)no1. The van der Waals surface area contributed by atoms with Crippen molar-refractivity contribution in [2.75, 3.05) is 11.9 Å². The van der Waals surface area contributed by atoms with E-state index in [-0.39, 0.29) is 18.2 Å². The van der Waals surface area contributed by atoms with E-state index in [9.17, 15) is 9.59 Å². The van der Waals surface area contributed by atoms with Crippen LogP contribution in [-0.2, 0) is 11.2 Å². The highest BCUT2D eigenvalue weighted by Crippen LogP contribution is 2.21. The maximum Gasteiger partial charge on any atom is 0.253 e. The van der Waals surface area contributed by atoms with E-state index in [1.807, 2.05) is 31.4 Å². The van der Waals surface area contributed by atoms with Crippen molar-refractivity contribution in [2.24, 2.45) is 5.92 Å². The van der Waals surface area contributed by atoms with Crippen LogP contribution in [-0.4, -0.2) is 28.5 Å². The van der Waals surface area contributed by atoms with Crippen LogP contribution < -0.4 is 10.6 Å². The monoisotopic (exact) mass is 398 g/mol.